The Morgan fingerprint density at radius 1 is 1.00 bits per heavy atom. The standard InChI is InChI=1S/C20H20N4O2/c1-13-4-5-14(2)19(10-13)22-12-16(11-21)20(26)24-18-8-6-17(7-9-18)23-15(3)25/h4-10,12,22H,1-3H3,(H,23,25)(H,24,26)/b16-12-. The van der Waals surface area contributed by atoms with Crippen molar-refractivity contribution in [3.8, 4) is 6.07 Å². The van der Waals surface area contributed by atoms with Gasteiger partial charge in [0.2, 0.25) is 5.91 Å². The zero-order valence-electron chi connectivity index (χ0n) is 14.9. The van der Waals surface area contributed by atoms with Crippen LogP contribution in [0.5, 0.6) is 0 Å². The van der Waals surface area contributed by atoms with Gasteiger partial charge in [-0.1, -0.05) is 12.1 Å². The molecule has 0 heterocycles. The van der Waals surface area contributed by atoms with E-state index in [2.05, 4.69) is 16.0 Å². The number of hydrogen-bond donors (Lipinski definition) is 3. The Kier molecular flexibility index (Phi) is 6.12. The number of carbonyl (C=O) groups is 2. The van der Waals surface area contributed by atoms with Gasteiger partial charge in [-0.3, -0.25) is 9.59 Å². The fourth-order valence-electron chi connectivity index (χ4n) is 2.23. The Morgan fingerprint density at radius 2 is 1.62 bits per heavy atom. The van der Waals surface area contributed by atoms with E-state index in [9.17, 15) is 14.9 Å². The van der Waals surface area contributed by atoms with Gasteiger partial charge in [-0.15, -0.1) is 0 Å². The molecule has 0 saturated heterocycles. The third-order valence-electron chi connectivity index (χ3n) is 3.59. The molecule has 0 aliphatic carbocycles. The Morgan fingerprint density at radius 3 is 2.19 bits per heavy atom. The summed E-state index contributed by atoms with van der Waals surface area (Å²) in [6, 6.07) is 14.4. The largest absolute Gasteiger partial charge is 0.360 e. The average molecular weight is 348 g/mol. The number of nitrogens with one attached hydrogen (secondary N) is 3. The van der Waals surface area contributed by atoms with Crippen molar-refractivity contribution in [2.75, 3.05) is 16.0 Å². The van der Waals surface area contributed by atoms with Gasteiger partial charge in [0, 0.05) is 30.2 Å². The smallest absolute Gasteiger partial charge is 0.267 e. The van der Waals surface area contributed by atoms with E-state index in [4.69, 9.17) is 0 Å². The first-order chi connectivity index (χ1) is 12.4. The predicted octanol–water partition coefficient (Wildman–Crippen LogP) is 3.72. The van der Waals surface area contributed by atoms with Gasteiger partial charge in [0.25, 0.3) is 5.91 Å². The number of amides is 2. The lowest BCUT2D eigenvalue weighted by molar-refractivity contribution is -0.114. The van der Waals surface area contributed by atoms with E-state index in [1.54, 1.807) is 24.3 Å². The summed E-state index contributed by atoms with van der Waals surface area (Å²) in [6.45, 7) is 5.33. The molecule has 0 spiro atoms. The summed E-state index contributed by atoms with van der Waals surface area (Å²) in [7, 11) is 0. The van der Waals surface area contributed by atoms with Crippen LogP contribution in [0.3, 0.4) is 0 Å². The number of carbonyl (C=O) groups excluding carboxylic acids is 2. The van der Waals surface area contributed by atoms with E-state index in [-0.39, 0.29) is 11.5 Å². The van der Waals surface area contributed by atoms with Crippen LogP contribution in [0.25, 0.3) is 0 Å². The molecular formula is C20H20N4O2. The SMILES string of the molecule is CC(=O)Nc1ccc(NC(=O)/C(C#N)=C\Nc2cc(C)ccc2C)cc1. The summed E-state index contributed by atoms with van der Waals surface area (Å²) >= 11 is 0. The minimum Gasteiger partial charge on any atom is -0.360 e. The Balaban J connectivity index is 2.07. The summed E-state index contributed by atoms with van der Waals surface area (Å²) in [4.78, 5) is 23.3. The highest BCUT2D eigenvalue weighted by Gasteiger charge is 2.10. The van der Waals surface area contributed by atoms with Crippen LogP contribution < -0.4 is 16.0 Å². The third kappa shape index (κ3) is 5.21. The van der Waals surface area contributed by atoms with E-state index < -0.39 is 5.91 Å². The lowest BCUT2D eigenvalue weighted by Gasteiger charge is -2.08. The molecule has 0 radical (unpaired) electrons. The zero-order valence-corrected chi connectivity index (χ0v) is 14.9. The molecule has 0 aliphatic rings. The van der Waals surface area contributed by atoms with Crippen LogP contribution in [0.1, 0.15) is 18.1 Å². The van der Waals surface area contributed by atoms with Gasteiger partial charge < -0.3 is 16.0 Å². The van der Waals surface area contributed by atoms with Gasteiger partial charge in [-0.2, -0.15) is 5.26 Å². The first-order valence-electron chi connectivity index (χ1n) is 8.02. The second-order valence-corrected chi connectivity index (χ2v) is 5.85. The molecule has 6 nitrogen and oxygen atoms in total. The van der Waals surface area contributed by atoms with Crippen molar-refractivity contribution in [2.24, 2.45) is 0 Å². The van der Waals surface area contributed by atoms with Crippen molar-refractivity contribution in [3.05, 3.63) is 65.4 Å². The van der Waals surface area contributed by atoms with Crippen molar-refractivity contribution >= 4 is 28.9 Å². The highest BCUT2D eigenvalue weighted by Crippen LogP contribution is 2.17. The van der Waals surface area contributed by atoms with Gasteiger partial charge in [0.05, 0.1) is 0 Å². The molecule has 132 valence electrons. The normalized spacial score (nSPS) is 10.6. The zero-order chi connectivity index (χ0) is 19.1. The minimum absolute atomic E-state index is 0.0446. The summed E-state index contributed by atoms with van der Waals surface area (Å²) in [5.41, 5.74) is 4.04. The maximum Gasteiger partial charge on any atom is 0.267 e. The highest BCUT2D eigenvalue weighted by molar-refractivity contribution is 6.06. The van der Waals surface area contributed by atoms with E-state index in [0.29, 0.717) is 11.4 Å². The molecule has 0 fully saturated rings. The van der Waals surface area contributed by atoms with Crippen molar-refractivity contribution < 1.29 is 9.59 Å². The number of nitrogens with zero attached hydrogens (tertiary/aromatic N) is 1. The molecule has 0 unspecified atom stereocenters. The minimum atomic E-state index is -0.516. The van der Waals surface area contributed by atoms with Crippen molar-refractivity contribution in [1.82, 2.24) is 0 Å². The summed E-state index contributed by atoms with van der Waals surface area (Å²) < 4.78 is 0. The Hall–Kier alpha value is -3.59. The fourth-order valence-corrected chi connectivity index (χ4v) is 2.23. The van der Waals surface area contributed by atoms with Crippen molar-refractivity contribution in [1.29, 1.82) is 5.26 Å². The molecular weight excluding hydrogens is 328 g/mol. The van der Waals surface area contributed by atoms with Crippen molar-refractivity contribution in [3.63, 3.8) is 0 Å². The number of aryl methyl sites for hydroxylation is 2. The van der Waals surface area contributed by atoms with Crippen LogP contribution in [0, 0.1) is 25.2 Å². The highest BCUT2D eigenvalue weighted by atomic mass is 16.2. The monoisotopic (exact) mass is 348 g/mol. The third-order valence-corrected chi connectivity index (χ3v) is 3.59. The van der Waals surface area contributed by atoms with Gasteiger partial charge in [-0.25, -0.2) is 0 Å². The fraction of sp³-hybridized carbons (Fsp3) is 0.150. The maximum absolute atomic E-state index is 12.3. The van der Waals surface area contributed by atoms with Crippen LogP contribution in [0.2, 0.25) is 0 Å². The van der Waals surface area contributed by atoms with Gasteiger partial charge in [-0.05, 0) is 55.3 Å². The van der Waals surface area contributed by atoms with E-state index in [1.165, 1.54) is 13.1 Å². The molecule has 0 aliphatic heterocycles. The molecule has 2 rings (SSSR count). The molecule has 2 aromatic rings. The molecule has 0 aromatic heterocycles. The first kappa shape index (κ1) is 18.7. The number of benzene rings is 2. The lowest BCUT2D eigenvalue weighted by atomic mass is 10.1. The number of anilines is 3. The van der Waals surface area contributed by atoms with E-state index in [1.807, 2.05) is 38.1 Å². The molecule has 0 saturated carbocycles. The molecule has 0 atom stereocenters. The topological polar surface area (TPSA) is 94.0 Å². The molecule has 6 heteroatoms. The van der Waals surface area contributed by atoms with Gasteiger partial charge in [0.1, 0.15) is 11.6 Å². The molecule has 2 aromatic carbocycles. The average Bonchev–Trinajstić information content (AvgIpc) is 2.59. The van der Waals surface area contributed by atoms with Crippen LogP contribution in [-0.2, 0) is 9.59 Å². The van der Waals surface area contributed by atoms with E-state index in [0.717, 1.165) is 16.8 Å². The lowest BCUT2D eigenvalue weighted by Crippen LogP contribution is -2.14. The van der Waals surface area contributed by atoms with Crippen LogP contribution >= 0.6 is 0 Å². The molecule has 26 heavy (non-hydrogen) atoms. The van der Waals surface area contributed by atoms with Gasteiger partial charge >= 0.3 is 0 Å². The first-order valence-corrected chi connectivity index (χ1v) is 8.02. The maximum atomic E-state index is 12.3. The summed E-state index contributed by atoms with van der Waals surface area (Å²) in [6.07, 6.45) is 1.39. The molecule has 0 bridgehead atoms. The van der Waals surface area contributed by atoms with Crippen LogP contribution in [-0.4, -0.2) is 11.8 Å². The Bertz CT molecular complexity index is 893. The van der Waals surface area contributed by atoms with Gasteiger partial charge in [0.15, 0.2) is 0 Å². The summed E-state index contributed by atoms with van der Waals surface area (Å²) in [5, 5.41) is 17.6. The van der Waals surface area contributed by atoms with Crippen LogP contribution in [0.4, 0.5) is 17.1 Å². The summed E-state index contributed by atoms with van der Waals surface area (Å²) in [5.74, 6) is -0.688. The van der Waals surface area contributed by atoms with E-state index >= 15 is 0 Å². The second-order valence-electron chi connectivity index (χ2n) is 5.85. The second kappa shape index (κ2) is 8.49. The number of nitriles is 1. The molecule has 3 N–H and O–H groups in total. The number of hydrogen-bond acceptors (Lipinski definition) is 4. The Labute approximate surface area is 152 Å². The van der Waals surface area contributed by atoms with Crippen molar-refractivity contribution in [2.45, 2.75) is 20.8 Å². The quantitative estimate of drug-likeness (QED) is 0.567. The number of rotatable bonds is 5. The predicted molar refractivity (Wildman–Crippen MR) is 103 cm³/mol. The van der Waals surface area contributed by atoms with Crippen LogP contribution in [0.15, 0.2) is 54.2 Å². The molecule has 2 amide bonds.